The number of aromatic amines is 1. The molecule has 0 saturated carbocycles. The van der Waals surface area contributed by atoms with Crippen LogP contribution >= 0.6 is 11.3 Å². The van der Waals surface area contributed by atoms with E-state index in [2.05, 4.69) is 20.3 Å². The molecule has 0 aliphatic carbocycles. The van der Waals surface area contributed by atoms with Gasteiger partial charge in [-0.25, -0.2) is 9.59 Å². The number of hydrogen-bond acceptors (Lipinski definition) is 9. The van der Waals surface area contributed by atoms with Gasteiger partial charge in [0, 0.05) is 0 Å². The second-order valence-corrected chi connectivity index (χ2v) is 6.25. The number of anilines is 1. The Labute approximate surface area is 156 Å². The molecule has 0 unspecified atom stereocenters. The Kier molecular flexibility index (Phi) is 6.23. The molecule has 11 nitrogen and oxygen atoms in total. The lowest BCUT2D eigenvalue weighted by molar-refractivity contribution is -0.385. The van der Waals surface area contributed by atoms with Crippen molar-refractivity contribution in [3.8, 4) is 0 Å². The Hall–Kier alpha value is -3.28. The molecule has 0 saturated heterocycles. The van der Waals surface area contributed by atoms with Crippen molar-refractivity contribution in [3.05, 3.63) is 38.0 Å². The van der Waals surface area contributed by atoms with Crippen molar-refractivity contribution in [3.63, 3.8) is 0 Å². The molecule has 2 aromatic rings. The van der Waals surface area contributed by atoms with E-state index in [1.54, 1.807) is 0 Å². The van der Waals surface area contributed by atoms with E-state index in [0.717, 1.165) is 17.5 Å². The topological polar surface area (TPSA) is 154 Å². The number of carbonyl (C=O) groups excluding carboxylic acids is 3. The average molecular weight is 396 g/mol. The third-order valence-corrected chi connectivity index (χ3v) is 4.62. The van der Waals surface area contributed by atoms with Crippen LogP contribution in [-0.4, -0.2) is 46.7 Å². The lowest BCUT2D eigenvalue weighted by atomic mass is 10.1. The van der Waals surface area contributed by atoms with Crippen LogP contribution in [-0.2, 0) is 9.47 Å². The van der Waals surface area contributed by atoms with E-state index in [-0.39, 0.29) is 27.6 Å². The molecular formula is C15H16N4O7S. The third-order valence-electron chi connectivity index (χ3n) is 3.43. The molecule has 0 atom stereocenters. The zero-order valence-corrected chi connectivity index (χ0v) is 15.5. The number of H-pyrrole nitrogens is 1. The first-order valence-corrected chi connectivity index (χ1v) is 8.51. The van der Waals surface area contributed by atoms with Gasteiger partial charge in [-0.3, -0.25) is 20.0 Å². The van der Waals surface area contributed by atoms with Gasteiger partial charge in [-0.05, 0) is 18.9 Å². The molecule has 0 radical (unpaired) electrons. The van der Waals surface area contributed by atoms with E-state index in [0.29, 0.717) is 6.42 Å². The normalized spacial score (nSPS) is 10.3. The Bertz CT molecular complexity index is 902. The van der Waals surface area contributed by atoms with Crippen LogP contribution in [0.1, 0.15) is 49.4 Å². The summed E-state index contributed by atoms with van der Waals surface area (Å²) < 4.78 is 9.77. The Balaban J connectivity index is 2.43. The summed E-state index contributed by atoms with van der Waals surface area (Å²) in [5.41, 5.74) is -0.644. The molecule has 2 aromatic heterocycles. The lowest BCUT2D eigenvalue weighted by Crippen LogP contribution is -2.16. The molecule has 2 N–H and O–H groups in total. The number of hydrogen-bond donors (Lipinski definition) is 2. The summed E-state index contributed by atoms with van der Waals surface area (Å²) in [6.45, 7) is 3.48. The first-order valence-electron chi connectivity index (χ1n) is 7.69. The second-order valence-electron chi connectivity index (χ2n) is 5.23. The molecule has 0 spiro atoms. The standard InChI is InChI=1S/C15H16N4O7S/c1-4-5-26-14(21)9-7(2)11(15(22)25-3)27-13(9)17-12(20)10-8(19(23)24)6-16-18-10/h6H,4-5H2,1-3H3,(H,16,18)(H,17,20). The molecule has 12 heteroatoms. The van der Waals surface area contributed by atoms with Crippen LogP contribution in [0.4, 0.5) is 10.7 Å². The number of amides is 1. The SMILES string of the molecule is CCCOC(=O)c1c(NC(=O)c2[nH]ncc2[N+](=O)[O-])sc(C(=O)OC)c1C. The van der Waals surface area contributed by atoms with Gasteiger partial charge in [0.15, 0.2) is 0 Å². The smallest absolute Gasteiger partial charge is 0.348 e. The maximum absolute atomic E-state index is 12.4. The number of rotatable bonds is 7. The van der Waals surface area contributed by atoms with E-state index in [4.69, 9.17) is 4.74 Å². The van der Waals surface area contributed by atoms with Gasteiger partial charge in [0.1, 0.15) is 16.1 Å². The van der Waals surface area contributed by atoms with Crippen LogP contribution in [0.5, 0.6) is 0 Å². The molecule has 0 aliphatic heterocycles. The van der Waals surface area contributed by atoms with Gasteiger partial charge in [0.25, 0.3) is 5.91 Å². The molecule has 2 heterocycles. The number of nitrogens with zero attached hydrogens (tertiary/aromatic N) is 2. The highest BCUT2D eigenvalue weighted by atomic mass is 32.1. The van der Waals surface area contributed by atoms with Crippen molar-refractivity contribution in [1.82, 2.24) is 10.2 Å². The van der Waals surface area contributed by atoms with Gasteiger partial charge >= 0.3 is 17.6 Å². The fourth-order valence-corrected chi connectivity index (χ4v) is 3.26. The van der Waals surface area contributed by atoms with Gasteiger partial charge < -0.3 is 14.8 Å². The molecule has 0 aliphatic rings. The number of nitro groups is 1. The fraction of sp³-hybridized carbons (Fsp3) is 0.333. The zero-order valence-electron chi connectivity index (χ0n) is 14.7. The number of thiophene rings is 1. The number of nitrogens with one attached hydrogen (secondary N) is 2. The highest BCUT2D eigenvalue weighted by Gasteiger charge is 2.29. The summed E-state index contributed by atoms with van der Waals surface area (Å²) in [5.74, 6) is -2.30. The predicted molar refractivity (Wildman–Crippen MR) is 94.2 cm³/mol. The van der Waals surface area contributed by atoms with Crippen LogP contribution in [0.25, 0.3) is 0 Å². The molecule has 27 heavy (non-hydrogen) atoms. The molecular weight excluding hydrogens is 380 g/mol. The predicted octanol–water partition coefficient (Wildman–Crippen LogP) is 2.29. The summed E-state index contributed by atoms with van der Waals surface area (Å²) in [5, 5.41) is 19.1. The van der Waals surface area contributed by atoms with Crippen LogP contribution in [0.3, 0.4) is 0 Å². The minimum atomic E-state index is -0.888. The van der Waals surface area contributed by atoms with Gasteiger partial charge in [-0.1, -0.05) is 6.92 Å². The van der Waals surface area contributed by atoms with Crippen molar-refractivity contribution in [2.75, 3.05) is 19.0 Å². The van der Waals surface area contributed by atoms with Crippen molar-refractivity contribution in [2.24, 2.45) is 0 Å². The van der Waals surface area contributed by atoms with E-state index in [9.17, 15) is 24.5 Å². The summed E-state index contributed by atoms with van der Waals surface area (Å²) in [7, 11) is 1.18. The van der Waals surface area contributed by atoms with Crippen LogP contribution < -0.4 is 5.32 Å². The highest BCUT2D eigenvalue weighted by Crippen LogP contribution is 2.35. The first-order chi connectivity index (χ1) is 12.8. The number of carbonyl (C=O) groups is 3. The Morgan fingerprint density at radius 2 is 2.07 bits per heavy atom. The zero-order chi connectivity index (χ0) is 20.1. The quantitative estimate of drug-likeness (QED) is 0.410. The van der Waals surface area contributed by atoms with E-state index in [1.165, 1.54) is 14.0 Å². The molecule has 0 fully saturated rings. The molecule has 144 valence electrons. The summed E-state index contributed by atoms with van der Waals surface area (Å²) in [6.07, 6.45) is 1.48. The minimum Gasteiger partial charge on any atom is -0.465 e. The van der Waals surface area contributed by atoms with Gasteiger partial charge in [-0.15, -0.1) is 11.3 Å². The van der Waals surface area contributed by atoms with Crippen LogP contribution in [0.2, 0.25) is 0 Å². The van der Waals surface area contributed by atoms with E-state index in [1.807, 2.05) is 6.92 Å². The van der Waals surface area contributed by atoms with Crippen LogP contribution in [0.15, 0.2) is 6.20 Å². The molecule has 0 bridgehead atoms. The van der Waals surface area contributed by atoms with Crippen LogP contribution in [0, 0.1) is 17.0 Å². The average Bonchev–Trinajstić information content (AvgIpc) is 3.24. The van der Waals surface area contributed by atoms with Gasteiger partial charge in [0.2, 0.25) is 5.69 Å². The van der Waals surface area contributed by atoms with Crippen molar-refractivity contribution < 1.29 is 28.8 Å². The number of methoxy groups -OCH3 is 1. The summed E-state index contributed by atoms with van der Waals surface area (Å²) >= 11 is 0.809. The van der Waals surface area contributed by atoms with Crippen molar-refractivity contribution >= 4 is 39.9 Å². The highest BCUT2D eigenvalue weighted by molar-refractivity contribution is 7.18. The number of aromatic nitrogens is 2. The molecule has 1 amide bonds. The van der Waals surface area contributed by atoms with Gasteiger partial charge in [0.05, 0.1) is 24.2 Å². The van der Waals surface area contributed by atoms with E-state index >= 15 is 0 Å². The summed E-state index contributed by atoms with van der Waals surface area (Å²) in [4.78, 5) is 47.0. The first kappa shape index (κ1) is 20.0. The minimum absolute atomic E-state index is 0.00984. The second kappa shape index (κ2) is 8.40. The van der Waals surface area contributed by atoms with E-state index < -0.39 is 34.2 Å². The Morgan fingerprint density at radius 3 is 2.67 bits per heavy atom. The monoisotopic (exact) mass is 396 g/mol. The largest absolute Gasteiger partial charge is 0.465 e. The number of ether oxygens (including phenoxy) is 2. The Morgan fingerprint density at radius 1 is 1.37 bits per heavy atom. The maximum atomic E-state index is 12.4. The summed E-state index contributed by atoms with van der Waals surface area (Å²) in [6, 6.07) is 0. The maximum Gasteiger partial charge on any atom is 0.348 e. The lowest BCUT2D eigenvalue weighted by Gasteiger charge is -2.07. The molecule has 0 aromatic carbocycles. The fourth-order valence-electron chi connectivity index (χ4n) is 2.15. The third kappa shape index (κ3) is 4.11. The van der Waals surface area contributed by atoms with Crippen molar-refractivity contribution in [1.29, 1.82) is 0 Å². The molecule has 2 rings (SSSR count). The van der Waals surface area contributed by atoms with Gasteiger partial charge in [-0.2, -0.15) is 5.10 Å². The number of esters is 2. The van der Waals surface area contributed by atoms with Crippen molar-refractivity contribution in [2.45, 2.75) is 20.3 Å².